The fraction of sp³-hybridized carbons (Fsp3) is 0.105. The first kappa shape index (κ1) is 15.3. The summed E-state index contributed by atoms with van der Waals surface area (Å²) in [5.41, 5.74) is 1.77. The summed E-state index contributed by atoms with van der Waals surface area (Å²) in [7, 11) is 0. The van der Waals surface area contributed by atoms with Crippen LogP contribution in [0.2, 0.25) is 0 Å². The molecule has 0 aliphatic carbocycles. The minimum atomic E-state index is -0.288. The zero-order chi connectivity index (χ0) is 17.1. The third-order valence-electron chi connectivity index (χ3n) is 3.74. The number of halogens is 1. The van der Waals surface area contributed by atoms with Gasteiger partial charge in [0.05, 0.1) is 12.2 Å². The van der Waals surface area contributed by atoms with E-state index in [0.29, 0.717) is 17.3 Å². The van der Waals surface area contributed by atoms with Gasteiger partial charge in [0.15, 0.2) is 11.7 Å². The number of nitrogens with zero attached hydrogens (tertiary/aromatic N) is 3. The first-order valence-corrected chi connectivity index (χ1v) is 7.93. The van der Waals surface area contributed by atoms with Gasteiger partial charge in [-0.2, -0.15) is 0 Å². The Bertz CT molecular complexity index is 907. The summed E-state index contributed by atoms with van der Waals surface area (Å²) in [5, 5.41) is 3.17. The van der Waals surface area contributed by atoms with E-state index >= 15 is 0 Å². The van der Waals surface area contributed by atoms with Gasteiger partial charge in [-0.1, -0.05) is 0 Å². The molecule has 2 aromatic carbocycles. The SMILES string of the molecule is Fc1ccc(Oc2ccc(-c3ccnc(C4=NCCN4)n3)cc2)cc1. The second kappa shape index (κ2) is 6.68. The molecular formula is C19H15FN4O. The van der Waals surface area contributed by atoms with Crippen molar-refractivity contribution in [2.24, 2.45) is 4.99 Å². The molecule has 0 unspecified atom stereocenters. The van der Waals surface area contributed by atoms with Crippen LogP contribution in [0.15, 0.2) is 65.8 Å². The van der Waals surface area contributed by atoms with Crippen molar-refractivity contribution in [3.8, 4) is 22.8 Å². The number of benzene rings is 2. The summed E-state index contributed by atoms with van der Waals surface area (Å²) in [6.45, 7) is 1.57. The lowest BCUT2D eigenvalue weighted by molar-refractivity contribution is 0.480. The van der Waals surface area contributed by atoms with E-state index in [1.807, 2.05) is 30.3 Å². The van der Waals surface area contributed by atoms with Crippen LogP contribution >= 0.6 is 0 Å². The van der Waals surface area contributed by atoms with E-state index in [9.17, 15) is 4.39 Å². The van der Waals surface area contributed by atoms with E-state index in [1.165, 1.54) is 12.1 Å². The Kier molecular flexibility index (Phi) is 4.08. The van der Waals surface area contributed by atoms with E-state index in [4.69, 9.17) is 4.74 Å². The minimum Gasteiger partial charge on any atom is -0.457 e. The van der Waals surface area contributed by atoms with Gasteiger partial charge in [-0.25, -0.2) is 14.4 Å². The van der Waals surface area contributed by atoms with E-state index in [2.05, 4.69) is 20.3 Å². The molecule has 2 heterocycles. The highest BCUT2D eigenvalue weighted by atomic mass is 19.1. The Labute approximate surface area is 144 Å². The number of hydrogen-bond donors (Lipinski definition) is 1. The zero-order valence-electron chi connectivity index (χ0n) is 13.3. The summed E-state index contributed by atoms with van der Waals surface area (Å²) in [5.74, 6) is 2.30. The van der Waals surface area contributed by atoms with Gasteiger partial charge < -0.3 is 10.1 Å². The molecule has 0 amide bonds. The highest BCUT2D eigenvalue weighted by Gasteiger charge is 2.12. The van der Waals surface area contributed by atoms with Gasteiger partial charge in [0, 0.05) is 18.3 Å². The maximum absolute atomic E-state index is 12.9. The van der Waals surface area contributed by atoms with Crippen LogP contribution in [0.25, 0.3) is 11.3 Å². The number of hydrogen-bond acceptors (Lipinski definition) is 5. The van der Waals surface area contributed by atoms with Crippen LogP contribution in [0, 0.1) is 5.82 Å². The van der Waals surface area contributed by atoms with E-state index < -0.39 is 0 Å². The Balaban J connectivity index is 1.54. The maximum atomic E-state index is 12.9. The molecule has 1 aliphatic heterocycles. The van der Waals surface area contributed by atoms with Crippen LogP contribution in [0.3, 0.4) is 0 Å². The van der Waals surface area contributed by atoms with Gasteiger partial charge in [0.1, 0.15) is 17.3 Å². The van der Waals surface area contributed by atoms with Crippen molar-refractivity contribution in [2.75, 3.05) is 13.1 Å². The summed E-state index contributed by atoms with van der Waals surface area (Å²) >= 11 is 0. The quantitative estimate of drug-likeness (QED) is 0.794. The number of aliphatic imine (C=N–C) groups is 1. The van der Waals surface area contributed by atoms with Crippen molar-refractivity contribution >= 4 is 5.84 Å². The first-order chi connectivity index (χ1) is 12.3. The number of aromatic nitrogens is 2. The summed E-state index contributed by atoms with van der Waals surface area (Å²) in [4.78, 5) is 13.2. The molecule has 0 saturated heterocycles. The molecule has 1 N–H and O–H groups in total. The smallest absolute Gasteiger partial charge is 0.195 e. The Hall–Kier alpha value is -3.28. The topological polar surface area (TPSA) is 59.4 Å². The van der Waals surface area contributed by atoms with Crippen LogP contribution in [0.5, 0.6) is 11.5 Å². The minimum absolute atomic E-state index is 0.288. The van der Waals surface area contributed by atoms with Gasteiger partial charge in [-0.15, -0.1) is 0 Å². The zero-order valence-corrected chi connectivity index (χ0v) is 13.3. The second-order valence-corrected chi connectivity index (χ2v) is 5.50. The number of ether oxygens (including phenoxy) is 1. The van der Waals surface area contributed by atoms with E-state index in [1.54, 1.807) is 18.3 Å². The Morgan fingerprint density at radius 3 is 2.32 bits per heavy atom. The van der Waals surface area contributed by atoms with Crippen LogP contribution in [-0.4, -0.2) is 28.9 Å². The van der Waals surface area contributed by atoms with Crippen molar-refractivity contribution in [3.05, 3.63) is 72.4 Å². The van der Waals surface area contributed by atoms with Gasteiger partial charge in [0.2, 0.25) is 0 Å². The molecule has 0 atom stereocenters. The normalized spacial score (nSPS) is 13.2. The monoisotopic (exact) mass is 334 g/mol. The highest BCUT2D eigenvalue weighted by Crippen LogP contribution is 2.25. The lowest BCUT2D eigenvalue weighted by atomic mass is 10.1. The highest BCUT2D eigenvalue weighted by molar-refractivity contribution is 5.96. The predicted molar refractivity (Wildman–Crippen MR) is 93.3 cm³/mol. The standard InChI is InChI=1S/C19H15FN4O/c20-14-3-7-16(8-4-14)25-15-5-1-13(2-6-15)17-9-10-21-19(24-17)18-22-11-12-23-18/h1-10H,11-12H2,(H,22,23). The number of nitrogens with one attached hydrogen (secondary N) is 1. The van der Waals surface area contributed by atoms with Gasteiger partial charge >= 0.3 is 0 Å². The molecule has 0 spiro atoms. The molecule has 4 rings (SSSR count). The Morgan fingerprint density at radius 1 is 0.920 bits per heavy atom. The molecule has 1 aliphatic rings. The second-order valence-electron chi connectivity index (χ2n) is 5.50. The summed E-state index contributed by atoms with van der Waals surface area (Å²) in [6, 6.07) is 15.3. The molecule has 6 heteroatoms. The average Bonchev–Trinajstić information content (AvgIpc) is 3.19. The molecule has 0 saturated carbocycles. The molecule has 25 heavy (non-hydrogen) atoms. The molecule has 0 fully saturated rings. The predicted octanol–water partition coefficient (Wildman–Crippen LogP) is 3.42. The molecule has 0 bridgehead atoms. The fourth-order valence-electron chi connectivity index (χ4n) is 2.51. The van der Waals surface area contributed by atoms with Crippen molar-refractivity contribution in [1.29, 1.82) is 0 Å². The molecule has 0 radical (unpaired) electrons. The average molecular weight is 334 g/mol. The third-order valence-corrected chi connectivity index (χ3v) is 3.74. The van der Waals surface area contributed by atoms with Crippen molar-refractivity contribution in [3.63, 3.8) is 0 Å². The molecule has 1 aromatic heterocycles. The van der Waals surface area contributed by atoms with E-state index in [0.717, 1.165) is 30.2 Å². The van der Waals surface area contributed by atoms with Crippen LogP contribution in [0.4, 0.5) is 4.39 Å². The number of rotatable bonds is 4. The van der Waals surface area contributed by atoms with Gasteiger partial charge in [0.25, 0.3) is 0 Å². The molecule has 3 aromatic rings. The summed E-state index contributed by atoms with van der Waals surface area (Å²) in [6.07, 6.45) is 1.73. The van der Waals surface area contributed by atoms with Crippen molar-refractivity contribution in [2.45, 2.75) is 0 Å². The fourth-order valence-corrected chi connectivity index (χ4v) is 2.51. The maximum Gasteiger partial charge on any atom is 0.195 e. The van der Waals surface area contributed by atoms with Gasteiger partial charge in [-0.3, -0.25) is 4.99 Å². The lowest BCUT2D eigenvalue weighted by Crippen LogP contribution is -2.22. The van der Waals surface area contributed by atoms with E-state index in [-0.39, 0.29) is 5.82 Å². The largest absolute Gasteiger partial charge is 0.457 e. The Morgan fingerprint density at radius 2 is 1.64 bits per heavy atom. The van der Waals surface area contributed by atoms with Gasteiger partial charge in [-0.05, 0) is 54.6 Å². The molecule has 124 valence electrons. The van der Waals surface area contributed by atoms with Crippen LogP contribution in [-0.2, 0) is 0 Å². The van der Waals surface area contributed by atoms with Crippen LogP contribution < -0.4 is 10.1 Å². The van der Waals surface area contributed by atoms with Crippen molar-refractivity contribution in [1.82, 2.24) is 15.3 Å². The molecule has 5 nitrogen and oxygen atoms in total. The number of amidine groups is 1. The van der Waals surface area contributed by atoms with Crippen LogP contribution in [0.1, 0.15) is 5.82 Å². The first-order valence-electron chi connectivity index (χ1n) is 7.93. The summed E-state index contributed by atoms with van der Waals surface area (Å²) < 4.78 is 18.6. The lowest BCUT2D eigenvalue weighted by Gasteiger charge is -2.07. The third kappa shape index (κ3) is 3.47. The van der Waals surface area contributed by atoms with Crippen molar-refractivity contribution < 1.29 is 9.13 Å². The molecular weight excluding hydrogens is 319 g/mol.